The molecule has 2 heterocycles. The molecule has 0 radical (unpaired) electrons. The van der Waals surface area contributed by atoms with Gasteiger partial charge < -0.3 is 14.5 Å². The van der Waals surface area contributed by atoms with Gasteiger partial charge in [-0.3, -0.25) is 4.90 Å². The van der Waals surface area contributed by atoms with Crippen molar-refractivity contribution in [2.75, 3.05) is 7.11 Å². The van der Waals surface area contributed by atoms with Gasteiger partial charge >= 0.3 is 12.1 Å². The van der Waals surface area contributed by atoms with Gasteiger partial charge in [0.25, 0.3) is 0 Å². The van der Waals surface area contributed by atoms with Crippen LogP contribution in [0.1, 0.15) is 58.3 Å². The normalized spacial score (nSPS) is 18.3. The van der Waals surface area contributed by atoms with Crippen LogP contribution in [0.5, 0.6) is 0 Å². The number of aromatic nitrogens is 1. The summed E-state index contributed by atoms with van der Waals surface area (Å²) in [6.45, 7) is 9.84. The van der Waals surface area contributed by atoms with Crippen LogP contribution in [0.25, 0.3) is 10.9 Å². The minimum absolute atomic E-state index is 0.251. The van der Waals surface area contributed by atoms with Crippen molar-refractivity contribution in [2.45, 2.75) is 74.8 Å². The standard InChI is InChI=1S/C28H34N2O4S/c1-27(2,3)34-26(32)30-22(25(31)33-6)16-20-19-14-10-11-15-21(19)29-24(20)23(30)17-28(4,5)35-18-12-8-7-9-13-18/h7-15,22-23,29H,16-17H2,1-6H3/t22-,23-/m0/s1. The second kappa shape index (κ2) is 9.61. The number of H-pyrrole nitrogens is 1. The Morgan fingerprint density at radius 2 is 1.69 bits per heavy atom. The van der Waals surface area contributed by atoms with Gasteiger partial charge in [0.1, 0.15) is 11.6 Å². The first-order valence-electron chi connectivity index (χ1n) is 11.9. The minimum Gasteiger partial charge on any atom is -0.467 e. The maximum atomic E-state index is 13.6. The highest BCUT2D eigenvalue weighted by molar-refractivity contribution is 8.00. The van der Waals surface area contributed by atoms with Crippen molar-refractivity contribution >= 4 is 34.7 Å². The number of carbonyl (C=O) groups is 2. The molecule has 0 spiro atoms. The number of hydrogen-bond donors (Lipinski definition) is 1. The number of thioether (sulfide) groups is 1. The van der Waals surface area contributed by atoms with Crippen LogP contribution in [0.15, 0.2) is 59.5 Å². The van der Waals surface area contributed by atoms with E-state index >= 15 is 0 Å². The zero-order chi connectivity index (χ0) is 25.4. The fraction of sp³-hybridized carbons (Fsp3) is 0.429. The number of ether oxygens (including phenoxy) is 2. The van der Waals surface area contributed by atoms with Gasteiger partial charge in [0.2, 0.25) is 0 Å². The van der Waals surface area contributed by atoms with E-state index in [9.17, 15) is 9.59 Å². The predicted octanol–water partition coefficient (Wildman–Crippen LogP) is 6.50. The maximum absolute atomic E-state index is 13.6. The number of rotatable bonds is 5. The molecule has 6 nitrogen and oxygen atoms in total. The molecule has 0 fully saturated rings. The number of benzene rings is 2. The van der Waals surface area contributed by atoms with Crippen molar-refractivity contribution < 1.29 is 19.1 Å². The van der Waals surface area contributed by atoms with Crippen molar-refractivity contribution in [1.29, 1.82) is 0 Å². The van der Waals surface area contributed by atoms with Gasteiger partial charge in [-0.1, -0.05) is 50.2 Å². The smallest absolute Gasteiger partial charge is 0.411 e. The Balaban J connectivity index is 1.81. The van der Waals surface area contributed by atoms with Crippen LogP contribution in [0.4, 0.5) is 4.79 Å². The number of hydrogen-bond acceptors (Lipinski definition) is 5. The maximum Gasteiger partial charge on any atom is 0.411 e. The Kier molecular flexibility index (Phi) is 6.91. The van der Waals surface area contributed by atoms with Crippen molar-refractivity contribution in [1.82, 2.24) is 9.88 Å². The SMILES string of the molecule is COC(=O)[C@@H]1Cc2c([nH]c3ccccc23)[C@H](CC(C)(C)Sc2ccccc2)N1C(=O)OC(C)(C)C. The first-order chi connectivity index (χ1) is 16.5. The van der Waals surface area contributed by atoms with E-state index in [-0.39, 0.29) is 4.75 Å². The van der Waals surface area contributed by atoms with E-state index in [0.717, 1.165) is 27.1 Å². The highest BCUT2D eigenvalue weighted by Crippen LogP contribution is 2.46. The Labute approximate surface area is 211 Å². The highest BCUT2D eigenvalue weighted by atomic mass is 32.2. The summed E-state index contributed by atoms with van der Waals surface area (Å²) in [7, 11) is 1.37. The van der Waals surface area contributed by atoms with Gasteiger partial charge in [-0.2, -0.15) is 0 Å². The van der Waals surface area contributed by atoms with Crippen LogP contribution in [-0.4, -0.2) is 45.4 Å². The third-order valence-corrected chi connectivity index (χ3v) is 7.38. The fourth-order valence-electron chi connectivity index (χ4n) is 4.79. The van der Waals surface area contributed by atoms with Crippen LogP contribution in [0.3, 0.4) is 0 Å². The lowest BCUT2D eigenvalue weighted by Crippen LogP contribution is -2.53. The lowest BCUT2D eigenvalue weighted by Gasteiger charge is -2.43. The molecule has 7 heteroatoms. The van der Waals surface area contributed by atoms with Gasteiger partial charge in [-0.15, -0.1) is 11.8 Å². The summed E-state index contributed by atoms with van der Waals surface area (Å²) in [4.78, 5) is 32.9. The lowest BCUT2D eigenvalue weighted by molar-refractivity contribution is -0.148. The van der Waals surface area contributed by atoms with Gasteiger partial charge in [0.15, 0.2) is 0 Å². The molecule has 0 saturated carbocycles. The number of nitrogens with one attached hydrogen (secondary N) is 1. The lowest BCUT2D eigenvalue weighted by atomic mass is 9.87. The minimum atomic E-state index is -0.774. The Bertz CT molecular complexity index is 1210. The number of para-hydroxylation sites is 1. The van der Waals surface area contributed by atoms with Gasteiger partial charge in [0.05, 0.1) is 13.2 Å². The predicted molar refractivity (Wildman–Crippen MR) is 140 cm³/mol. The molecule has 3 aromatic rings. The molecule has 4 rings (SSSR count). The largest absolute Gasteiger partial charge is 0.467 e. The van der Waals surface area contributed by atoms with Crippen molar-refractivity contribution in [3.05, 3.63) is 65.9 Å². The average molecular weight is 495 g/mol. The van der Waals surface area contributed by atoms with Crippen LogP contribution < -0.4 is 0 Å². The van der Waals surface area contributed by atoms with E-state index in [0.29, 0.717) is 12.8 Å². The molecule has 1 aliphatic heterocycles. The van der Waals surface area contributed by atoms with Crippen LogP contribution in [0.2, 0.25) is 0 Å². The Morgan fingerprint density at radius 3 is 2.34 bits per heavy atom. The van der Waals surface area contributed by atoms with E-state index in [1.807, 2.05) is 57.2 Å². The summed E-state index contributed by atoms with van der Waals surface area (Å²) in [5, 5.41) is 1.07. The zero-order valence-corrected chi connectivity index (χ0v) is 22.1. The van der Waals surface area contributed by atoms with Crippen molar-refractivity contribution in [3.63, 3.8) is 0 Å². The van der Waals surface area contributed by atoms with Gasteiger partial charge in [-0.25, -0.2) is 9.59 Å². The molecule has 1 N–H and O–H groups in total. The van der Waals surface area contributed by atoms with E-state index < -0.39 is 29.7 Å². The number of nitrogens with zero attached hydrogens (tertiary/aromatic N) is 1. The number of fused-ring (bicyclic) bond motifs is 3. The number of esters is 1. The molecule has 35 heavy (non-hydrogen) atoms. The summed E-state index contributed by atoms with van der Waals surface area (Å²) >= 11 is 1.75. The van der Waals surface area contributed by atoms with Crippen LogP contribution in [0, 0.1) is 0 Å². The molecule has 0 saturated heterocycles. The number of aromatic amines is 1. The molecule has 1 amide bonds. The summed E-state index contributed by atoms with van der Waals surface area (Å²) < 4.78 is 10.7. The average Bonchev–Trinajstić information content (AvgIpc) is 3.16. The summed E-state index contributed by atoms with van der Waals surface area (Å²) in [6, 6.07) is 17.1. The molecule has 0 bridgehead atoms. The third kappa shape index (κ3) is 5.50. The monoisotopic (exact) mass is 494 g/mol. The van der Waals surface area contributed by atoms with Gasteiger partial charge in [0, 0.05) is 32.7 Å². The van der Waals surface area contributed by atoms with E-state index in [1.54, 1.807) is 16.7 Å². The topological polar surface area (TPSA) is 71.6 Å². The molecular weight excluding hydrogens is 460 g/mol. The first-order valence-corrected chi connectivity index (χ1v) is 12.7. The molecule has 2 atom stereocenters. The van der Waals surface area contributed by atoms with Crippen molar-refractivity contribution in [2.24, 2.45) is 0 Å². The second-order valence-corrected chi connectivity index (χ2v) is 12.4. The Morgan fingerprint density at radius 1 is 1.03 bits per heavy atom. The molecule has 2 aromatic carbocycles. The molecule has 1 aromatic heterocycles. The van der Waals surface area contributed by atoms with Gasteiger partial charge in [-0.05, 0) is 51.0 Å². The number of methoxy groups -OCH3 is 1. The second-order valence-electron chi connectivity index (χ2n) is 10.6. The third-order valence-electron chi connectivity index (χ3n) is 6.15. The molecule has 0 aliphatic carbocycles. The summed E-state index contributed by atoms with van der Waals surface area (Å²) in [5.74, 6) is -0.440. The number of carbonyl (C=O) groups excluding carboxylic acids is 2. The summed E-state index contributed by atoms with van der Waals surface area (Å²) in [5.41, 5.74) is 2.31. The number of amides is 1. The first kappa shape index (κ1) is 25.2. The van der Waals surface area contributed by atoms with E-state index in [2.05, 4.69) is 37.0 Å². The fourth-order valence-corrected chi connectivity index (χ4v) is 5.96. The van der Waals surface area contributed by atoms with E-state index in [1.165, 1.54) is 7.11 Å². The zero-order valence-electron chi connectivity index (χ0n) is 21.3. The highest BCUT2D eigenvalue weighted by Gasteiger charge is 2.46. The Hall–Kier alpha value is -2.93. The molecular formula is C28H34N2O4S. The molecule has 1 aliphatic rings. The van der Waals surface area contributed by atoms with Crippen molar-refractivity contribution in [3.8, 4) is 0 Å². The van der Waals surface area contributed by atoms with Crippen LogP contribution in [-0.2, 0) is 20.7 Å². The molecule has 186 valence electrons. The van der Waals surface area contributed by atoms with E-state index in [4.69, 9.17) is 9.47 Å². The van der Waals surface area contributed by atoms with Crippen LogP contribution >= 0.6 is 11.8 Å². The molecule has 0 unspecified atom stereocenters. The quantitative estimate of drug-likeness (QED) is 0.324. The summed E-state index contributed by atoms with van der Waals surface area (Å²) in [6.07, 6.45) is 0.468.